The maximum absolute atomic E-state index is 12.3. The summed E-state index contributed by atoms with van der Waals surface area (Å²) in [6, 6.07) is 5.47. The van der Waals surface area contributed by atoms with Gasteiger partial charge in [-0.15, -0.1) is 0 Å². The van der Waals surface area contributed by atoms with Crippen molar-refractivity contribution in [3.63, 3.8) is 0 Å². The van der Waals surface area contributed by atoms with E-state index in [1.54, 1.807) is 13.2 Å². The van der Waals surface area contributed by atoms with Crippen LogP contribution in [0.2, 0.25) is 0 Å². The van der Waals surface area contributed by atoms with E-state index in [0.29, 0.717) is 17.0 Å². The lowest BCUT2D eigenvalue weighted by molar-refractivity contribution is -0.121. The highest BCUT2D eigenvalue weighted by Crippen LogP contribution is 2.49. The number of oxazole rings is 1. The van der Waals surface area contributed by atoms with E-state index in [2.05, 4.69) is 10.3 Å². The maximum atomic E-state index is 12.3. The molecule has 2 N–H and O–H groups in total. The smallest absolute Gasteiger partial charge is 0.266 e. The summed E-state index contributed by atoms with van der Waals surface area (Å²) in [7, 11) is 1.65. The van der Waals surface area contributed by atoms with Crippen LogP contribution in [0.3, 0.4) is 0 Å². The van der Waals surface area contributed by atoms with Crippen molar-refractivity contribution < 1.29 is 13.9 Å². The number of methoxy groups -OCH3 is 1. The zero-order chi connectivity index (χ0) is 14.2. The molecule has 3 rings (SSSR count). The molecule has 1 amide bonds. The highest BCUT2D eigenvalue weighted by molar-refractivity contribution is 7.71. The Morgan fingerprint density at radius 2 is 2.35 bits per heavy atom. The summed E-state index contributed by atoms with van der Waals surface area (Å²) < 4.78 is 10.4. The van der Waals surface area contributed by atoms with Crippen LogP contribution in [-0.4, -0.2) is 24.6 Å². The number of ether oxygens (including phenoxy) is 1. The third kappa shape index (κ3) is 2.48. The first-order chi connectivity index (χ1) is 9.63. The molecule has 1 saturated carbocycles. The van der Waals surface area contributed by atoms with E-state index in [9.17, 15) is 4.79 Å². The number of nitrogens with one attached hydrogen (secondary N) is 2. The van der Waals surface area contributed by atoms with Crippen LogP contribution in [0.4, 0.5) is 5.69 Å². The number of amides is 1. The number of carbonyl (C=O) groups excluding carboxylic acids is 1. The lowest BCUT2D eigenvalue weighted by atomic mass is 10.0. The minimum atomic E-state index is -0.247. The number of hydrogen-bond acceptors (Lipinski definition) is 4. The monoisotopic (exact) mass is 292 g/mol. The molecule has 0 saturated heterocycles. The summed E-state index contributed by atoms with van der Waals surface area (Å²) in [5.74, 6) is 0.0584. The van der Waals surface area contributed by atoms with E-state index < -0.39 is 0 Å². The van der Waals surface area contributed by atoms with E-state index in [1.165, 1.54) is 0 Å². The van der Waals surface area contributed by atoms with Crippen molar-refractivity contribution >= 4 is 34.9 Å². The van der Waals surface area contributed by atoms with E-state index in [0.717, 1.165) is 30.5 Å². The first-order valence-electron chi connectivity index (χ1n) is 6.56. The summed E-state index contributed by atoms with van der Waals surface area (Å²) in [5.41, 5.74) is 1.95. The van der Waals surface area contributed by atoms with Crippen LogP contribution in [0.5, 0.6) is 0 Å². The Labute approximate surface area is 121 Å². The van der Waals surface area contributed by atoms with Gasteiger partial charge in [0.2, 0.25) is 5.91 Å². The van der Waals surface area contributed by atoms with Crippen LogP contribution < -0.4 is 5.32 Å². The second-order valence-corrected chi connectivity index (χ2v) is 5.57. The number of benzene rings is 1. The van der Waals surface area contributed by atoms with Gasteiger partial charge in [-0.3, -0.25) is 4.79 Å². The van der Waals surface area contributed by atoms with Gasteiger partial charge >= 0.3 is 0 Å². The van der Waals surface area contributed by atoms with Gasteiger partial charge < -0.3 is 19.5 Å². The van der Waals surface area contributed by atoms with E-state index in [-0.39, 0.29) is 11.3 Å². The lowest BCUT2D eigenvalue weighted by Gasteiger charge is -2.14. The third-order valence-electron chi connectivity index (χ3n) is 3.80. The maximum Gasteiger partial charge on any atom is 0.266 e. The Bertz CT molecular complexity index is 700. The summed E-state index contributed by atoms with van der Waals surface area (Å²) in [5, 5.41) is 2.95. The minimum absolute atomic E-state index is 0.0584. The largest absolute Gasteiger partial charge is 0.429 e. The zero-order valence-electron chi connectivity index (χ0n) is 11.2. The van der Waals surface area contributed by atoms with E-state index in [4.69, 9.17) is 21.4 Å². The Hall–Kier alpha value is -1.66. The quantitative estimate of drug-likeness (QED) is 0.830. The number of aromatic amines is 1. The van der Waals surface area contributed by atoms with Gasteiger partial charge in [0.1, 0.15) is 0 Å². The SMILES string of the molecule is COCCC1(C(=O)Nc2ccc3[nH]c(=S)oc3c2)CC1. The molecule has 0 atom stereocenters. The number of carbonyl (C=O) groups is 1. The molecule has 0 spiro atoms. The first kappa shape index (κ1) is 13.3. The Morgan fingerprint density at radius 1 is 1.55 bits per heavy atom. The highest BCUT2D eigenvalue weighted by atomic mass is 32.1. The fraction of sp³-hybridized carbons (Fsp3) is 0.429. The average Bonchev–Trinajstić information content (AvgIpc) is 3.12. The van der Waals surface area contributed by atoms with Crippen molar-refractivity contribution in [1.29, 1.82) is 0 Å². The van der Waals surface area contributed by atoms with Gasteiger partial charge in [-0.2, -0.15) is 0 Å². The predicted molar refractivity (Wildman–Crippen MR) is 78.2 cm³/mol. The molecule has 0 bridgehead atoms. The van der Waals surface area contributed by atoms with Crippen LogP contribution in [0.1, 0.15) is 19.3 Å². The van der Waals surface area contributed by atoms with Gasteiger partial charge in [0.15, 0.2) is 5.58 Å². The first-order valence-corrected chi connectivity index (χ1v) is 6.97. The molecule has 1 aliphatic rings. The van der Waals surface area contributed by atoms with E-state index in [1.807, 2.05) is 12.1 Å². The molecule has 2 aromatic rings. The summed E-state index contributed by atoms with van der Waals surface area (Å²) in [4.78, 5) is 15.6. The molecular formula is C14H16N2O3S. The summed E-state index contributed by atoms with van der Waals surface area (Å²) >= 11 is 4.94. The topological polar surface area (TPSA) is 67.3 Å². The van der Waals surface area contributed by atoms with Crippen molar-refractivity contribution in [3.05, 3.63) is 23.0 Å². The zero-order valence-corrected chi connectivity index (χ0v) is 12.0. The van der Waals surface area contributed by atoms with Crippen molar-refractivity contribution in [2.75, 3.05) is 19.0 Å². The van der Waals surface area contributed by atoms with Gasteiger partial charge in [-0.05, 0) is 43.6 Å². The molecule has 6 heteroatoms. The molecule has 20 heavy (non-hydrogen) atoms. The van der Waals surface area contributed by atoms with Gasteiger partial charge in [0, 0.05) is 25.5 Å². The number of fused-ring (bicyclic) bond motifs is 1. The number of aromatic nitrogens is 1. The van der Waals surface area contributed by atoms with Crippen molar-refractivity contribution in [2.45, 2.75) is 19.3 Å². The fourth-order valence-electron chi connectivity index (χ4n) is 2.33. The number of anilines is 1. The molecule has 1 aromatic heterocycles. The second kappa shape index (κ2) is 5.03. The minimum Gasteiger partial charge on any atom is -0.429 e. The Kier molecular flexibility index (Phi) is 3.35. The molecule has 1 aromatic carbocycles. The van der Waals surface area contributed by atoms with Crippen molar-refractivity contribution in [2.24, 2.45) is 5.41 Å². The molecule has 5 nitrogen and oxygen atoms in total. The normalized spacial score (nSPS) is 16.2. The Morgan fingerprint density at radius 3 is 3.05 bits per heavy atom. The van der Waals surface area contributed by atoms with Crippen LogP contribution in [0, 0.1) is 10.3 Å². The molecule has 1 fully saturated rings. The standard InChI is InChI=1S/C14H16N2O3S/c1-18-7-6-14(4-5-14)12(17)15-9-2-3-10-11(8-9)19-13(20)16-10/h2-3,8H,4-7H2,1H3,(H,15,17)(H,16,20). The molecule has 106 valence electrons. The van der Waals surface area contributed by atoms with Crippen LogP contribution in [0.15, 0.2) is 22.6 Å². The molecular weight excluding hydrogens is 276 g/mol. The third-order valence-corrected chi connectivity index (χ3v) is 3.98. The van der Waals surface area contributed by atoms with Crippen LogP contribution >= 0.6 is 12.2 Å². The lowest BCUT2D eigenvalue weighted by Crippen LogP contribution is -2.25. The molecule has 0 unspecified atom stereocenters. The average molecular weight is 292 g/mol. The van der Waals surface area contributed by atoms with Gasteiger partial charge in [-0.25, -0.2) is 0 Å². The summed E-state index contributed by atoms with van der Waals surface area (Å²) in [6.45, 7) is 0.610. The second-order valence-electron chi connectivity index (χ2n) is 5.20. The number of rotatable bonds is 5. The van der Waals surface area contributed by atoms with Gasteiger partial charge in [0.05, 0.1) is 10.9 Å². The number of hydrogen-bond donors (Lipinski definition) is 2. The highest BCUT2D eigenvalue weighted by Gasteiger charge is 2.49. The fourth-order valence-corrected chi connectivity index (χ4v) is 2.53. The summed E-state index contributed by atoms with van der Waals surface area (Å²) in [6.07, 6.45) is 2.62. The molecule has 1 aliphatic carbocycles. The molecule has 0 radical (unpaired) electrons. The van der Waals surface area contributed by atoms with Gasteiger partial charge in [-0.1, -0.05) is 0 Å². The van der Waals surface area contributed by atoms with Crippen molar-refractivity contribution in [3.8, 4) is 0 Å². The number of H-pyrrole nitrogens is 1. The molecule has 1 heterocycles. The van der Waals surface area contributed by atoms with E-state index >= 15 is 0 Å². The Balaban J connectivity index is 1.75. The van der Waals surface area contributed by atoms with Crippen LogP contribution in [-0.2, 0) is 9.53 Å². The molecule has 0 aliphatic heterocycles. The predicted octanol–water partition coefficient (Wildman–Crippen LogP) is 3.25. The van der Waals surface area contributed by atoms with Gasteiger partial charge in [0.25, 0.3) is 4.84 Å². The van der Waals surface area contributed by atoms with Crippen LogP contribution in [0.25, 0.3) is 11.1 Å². The van der Waals surface area contributed by atoms with Crippen molar-refractivity contribution in [1.82, 2.24) is 4.98 Å².